The number of fused-ring (bicyclic) bond motifs is 3. The third-order valence-electron chi connectivity index (χ3n) is 8.47. The van der Waals surface area contributed by atoms with E-state index in [4.69, 9.17) is 0 Å². The number of carbonyl (C=O) groups is 1. The molecule has 5 atom stereocenters. The molecule has 128 valence electrons. The topological polar surface area (TPSA) is 57.5 Å². The van der Waals surface area contributed by atoms with Crippen molar-refractivity contribution in [1.29, 1.82) is 0 Å². The van der Waals surface area contributed by atoms with E-state index in [0.29, 0.717) is 18.8 Å². The molecule has 3 heteroatoms. The average Bonchev–Trinajstić information content (AvgIpc) is 2.73. The van der Waals surface area contributed by atoms with Gasteiger partial charge in [-0.05, 0) is 68.6 Å². The highest BCUT2D eigenvalue weighted by atomic mass is 16.4. The van der Waals surface area contributed by atoms with Gasteiger partial charge in [-0.2, -0.15) is 0 Å². The van der Waals surface area contributed by atoms with Gasteiger partial charge >= 0.3 is 5.97 Å². The Morgan fingerprint density at radius 1 is 1.17 bits per heavy atom. The van der Waals surface area contributed by atoms with Crippen LogP contribution in [0.4, 0.5) is 0 Å². The predicted molar refractivity (Wildman–Crippen MR) is 88.9 cm³/mol. The van der Waals surface area contributed by atoms with E-state index in [9.17, 15) is 15.0 Å². The number of carboxylic acids is 1. The molecule has 4 fully saturated rings. The van der Waals surface area contributed by atoms with E-state index in [-0.39, 0.29) is 16.7 Å². The smallest absolute Gasteiger partial charge is 0.312 e. The fraction of sp³-hybridized carbons (Fsp3) is 0.850. The summed E-state index contributed by atoms with van der Waals surface area (Å²) in [5, 5.41) is 22.4. The van der Waals surface area contributed by atoms with Crippen molar-refractivity contribution in [3.8, 4) is 0 Å². The molecular formula is C20H30O3. The quantitative estimate of drug-likeness (QED) is 0.714. The zero-order valence-corrected chi connectivity index (χ0v) is 14.5. The first-order chi connectivity index (χ1) is 10.7. The molecule has 0 amide bonds. The van der Waals surface area contributed by atoms with Crippen LogP contribution in [0.5, 0.6) is 0 Å². The van der Waals surface area contributed by atoms with Gasteiger partial charge in [0.25, 0.3) is 0 Å². The maximum absolute atomic E-state index is 12.6. The largest absolute Gasteiger partial charge is 0.481 e. The van der Waals surface area contributed by atoms with Crippen molar-refractivity contribution < 1.29 is 15.0 Å². The molecule has 4 saturated carbocycles. The molecule has 0 aromatic rings. The molecule has 0 radical (unpaired) electrons. The molecule has 0 heterocycles. The minimum Gasteiger partial charge on any atom is -0.481 e. The second-order valence-electron chi connectivity index (χ2n) is 9.63. The van der Waals surface area contributed by atoms with Gasteiger partial charge in [-0.15, -0.1) is 0 Å². The van der Waals surface area contributed by atoms with E-state index >= 15 is 0 Å². The highest BCUT2D eigenvalue weighted by Gasteiger charge is 2.75. The highest BCUT2D eigenvalue weighted by molar-refractivity contribution is 5.78. The van der Waals surface area contributed by atoms with Crippen LogP contribution in [0.1, 0.15) is 71.6 Å². The molecule has 4 aliphatic rings. The van der Waals surface area contributed by atoms with Crippen LogP contribution >= 0.6 is 0 Å². The molecule has 5 unspecified atom stereocenters. The monoisotopic (exact) mass is 318 g/mol. The minimum absolute atomic E-state index is 0.000438. The van der Waals surface area contributed by atoms with Crippen molar-refractivity contribution in [3.63, 3.8) is 0 Å². The second-order valence-corrected chi connectivity index (χ2v) is 9.63. The van der Waals surface area contributed by atoms with Crippen LogP contribution in [0.3, 0.4) is 0 Å². The zero-order chi connectivity index (χ0) is 16.7. The van der Waals surface area contributed by atoms with Crippen LogP contribution in [0.25, 0.3) is 0 Å². The number of aliphatic hydroxyl groups is 1. The van der Waals surface area contributed by atoms with Crippen molar-refractivity contribution in [2.75, 3.05) is 0 Å². The zero-order valence-electron chi connectivity index (χ0n) is 14.5. The van der Waals surface area contributed by atoms with Gasteiger partial charge in [0.2, 0.25) is 0 Å². The Labute approximate surface area is 139 Å². The fourth-order valence-corrected chi connectivity index (χ4v) is 7.45. The molecule has 23 heavy (non-hydrogen) atoms. The number of allylic oxidation sites excluding steroid dienone is 1. The van der Waals surface area contributed by atoms with Gasteiger partial charge in [0.1, 0.15) is 5.41 Å². The van der Waals surface area contributed by atoms with Gasteiger partial charge in [-0.3, -0.25) is 4.79 Å². The number of hydrogen-bond acceptors (Lipinski definition) is 2. The molecule has 2 N–H and O–H groups in total. The van der Waals surface area contributed by atoms with Crippen molar-refractivity contribution >= 4 is 5.97 Å². The lowest BCUT2D eigenvalue weighted by molar-refractivity contribution is -0.266. The van der Waals surface area contributed by atoms with Crippen LogP contribution in [-0.4, -0.2) is 21.8 Å². The lowest BCUT2D eigenvalue weighted by atomic mass is 9.38. The van der Waals surface area contributed by atoms with E-state index in [1.165, 1.54) is 5.57 Å². The SMILES string of the molecule is C=C1CC23CCC4C(C)(C)CCCC4(C(=O)O)C2(O)CCC1C3. The fourth-order valence-electron chi connectivity index (χ4n) is 7.45. The van der Waals surface area contributed by atoms with E-state index in [2.05, 4.69) is 20.4 Å². The van der Waals surface area contributed by atoms with Gasteiger partial charge in [-0.25, -0.2) is 0 Å². The molecule has 3 nitrogen and oxygen atoms in total. The van der Waals surface area contributed by atoms with E-state index < -0.39 is 17.0 Å². The Morgan fingerprint density at radius 2 is 1.91 bits per heavy atom. The molecule has 2 bridgehead atoms. The van der Waals surface area contributed by atoms with E-state index in [0.717, 1.165) is 44.9 Å². The summed E-state index contributed by atoms with van der Waals surface area (Å²) in [4.78, 5) is 12.6. The summed E-state index contributed by atoms with van der Waals surface area (Å²) in [7, 11) is 0. The molecule has 0 aromatic carbocycles. The Kier molecular flexibility index (Phi) is 3.01. The number of hydrogen-bond donors (Lipinski definition) is 2. The van der Waals surface area contributed by atoms with Crippen LogP contribution in [0.2, 0.25) is 0 Å². The third kappa shape index (κ3) is 1.63. The Morgan fingerprint density at radius 3 is 2.61 bits per heavy atom. The van der Waals surface area contributed by atoms with Gasteiger partial charge in [0.15, 0.2) is 0 Å². The highest BCUT2D eigenvalue weighted by Crippen LogP contribution is 2.73. The van der Waals surface area contributed by atoms with Gasteiger partial charge in [0.05, 0.1) is 5.60 Å². The summed E-state index contributed by atoms with van der Waals surface area (Å²) in [5.74, 6) is -0.149. The maximum Gasteiger partial charge on any atom is 0.312 e. The summed E-state index contributed by atoms with van der Waals surface area (Å²) in [5.41, 5.74) is -0.976. The van der Waals surface area contributed by atoms with Crippen LogP contribution in [-0.2, 0) is 4.79 Å². The van der Waals surface area contributed by atoms with Crippen molar-refractivity contribution in [2.24, 2.45) is 28.1 Å². The molecule has 0 aliphatic heterocycles. The normalized spacial score (nSPS) is 51.0. The first kappa shape index (κ1) is 15.7. The Hall–Kier alpha value is -0.830. The summed E-state index contributed by atoms with van der Waals surface area (Å²) >= 11 is 0. The lowest BCUT2D eigenvalue weighted by Crippen LogP contribution is -2.71. The first-order valence-corrected chi connectivity index (χ1v) is 9.32. The van der Waals surface area contributed by atoms with Crippen LogP contribution < -0.4 is 0 Å². The van der Waals surface area contributed by atoms with Crippen LogP contribution in [0, 0.1) is 28.1 Å². The molecule has 4 rings (SSSR count). The molecular weight excluding hydrogens is 288 g/mol. The summed E-state index contributed by atoms with van der Waals surface area (Å²) in [6.07, 6.45) is 7.93. The Balaban J connectivity index is 1.90. The van der Waals surface area contributed by atoms with Crippen molar-refractivity contribution in [2.45, 2.75) is 77.2 Å². The third-order valence-corrected chi connectivity index (χ3v) is 8.47. The minimum atomic E-state index is -1.05. The lowest BCUT2D eigenvalue weighted by Gasteiger charge is -2.66. The first-order valence-electron chi connectivity index (χ1n) is 9.32. The van der Waals surface area contributed by atoms with Gasteiger partial charge in [0, 0.05) is 5.41 Å². The van der Waals surface area contributed by atoms with Crippen molar-refractivity contribution in [3.05, 3.63) is 12.2 Å². The second kappa shape index (κ2) is 4.41. The summed E-state index contributed by atoms with van der Waals surface area (Å²) in [6.45, 7) is 8.69. The molecule has 1 spiro atoms. The van der Waals surface area contributed by atoms with Crippen molar-refractivity contribution in [1.82, 2.24) is 0 Å². The van der Waals surface area contributed by atoms with E-state index in [1.54, 1.807) is 0 Å². The standard InChI is InChI=1S/C20H30O3/c1-13-11-18-9-6-15-17(2,3)7-4-8-19(15,16(21)22)20(18,23)10-5-14(13)12-18/h14-15,23H,1,4-12H2,2-3H3,(H,21,22). The van der Waals surface area contributed by atoms with E-state index in [1.807, 2.05) is 0 Å². The summed E-state index contributed by atoms with van der Waals surface area (Å²) in [6, 6.07) is 0. The number of aliphatic carboxylic acids is 1. The van der Waals surface area contributed by atoms with Gasteiger partial charge < -0.3 is 10.2 Å². The summed E-state index contributed by atoms with van der Waals surface area (Å²) < 4.78 is 0. The average molecular weight is 318 g/mol. The molecule has 0 saturated heterocycles. The van der Waals surface area contributed by atoms with Crippen LogP contribution in [0.15, 0.2) is 12.2 Å². The number of rotatable bonds is 1. The molecule has 0 aromatic heterocycles. The maximum atomic E-state index is 12.6. The molecule has 4 aliphatic carbocycles. The Bertz CT molecular complexity index is 579. The predicted octanol–water partition coefficient (Wildman–Crippen LogP) is 4.16. The van der Waals surface area contributed by atoms with Gasteiger partial charge in [-0.1, -0.05) is 32.4 Å². The number of carboxylic acid groups (broad SMARTS) is 1.